The standard InChI is InChI=1S/C21H17N5/c1-14-13-23-11-9-16(14)20(22)26-21-17-7-3-2-6-15(17)12-19(25-21)18-8-4-5-10-24-18/h2-13H,1H3,(H2,22,25,26). The van der Waals surface area contributed by atoms with E-state index in [1.807, 2.05) is 61.5 Å². The number of nitrogens with two attached hydrogens (primary N) is 1. The molecule has 0 fully saturated rings. The molecule has 5 heteroatoms. The number of fused-ring (bicyclic) bond motifs is 1. The van der Waals surface area contributed by atoms with Crippen LogP contribution in [0.15, 0.2) is 78.2 Å². The van der Waals surface area contributed by atoms with E-state index in [-0.39, 0.29) is 0 Å². The molecule has 5 nitrogen and oxygen atoms in total. The molecular weight excluding hydrogens is 322 g/mol. The lowest BCUT2D eigenvalue weighted by Crippen LogP contribution is -2.14. The molecule has 0 aliphatic carbocycles. The summed E-state index contributed by atoms with van der Waals surface area (Å²) in [5, 5.41) is 1.99. The number of aryl methyl sites for hydroxylation is 1. The van der Waals surface area contributed by atoms with Gasteiger partial charge < -0.3 is 5.73 Å². The van der Waals surface area contributed by atoms with E-state index in [0.29, 0.717) is 11.7 Å². The zero-order valence-corrected chi connectivity index (χ0v) is 14.3. The van der Waals surface area contributed by atoms with E-state index >= 15 is 0 Å². The van der Waals surface area contributed by atoms with Gasteiger partial charge in [0, 0.05) is 29.5 Å². The van der Waals surface area contributed by atoms with Crippen LogP contribution in [0.5, 0.6) is 0 Å². The fourth-order valence-corrected chi connectivity index (χ4v) is 2.85. The predicted octanol–water partition coefficient (Wildman–Crippen LogP) is 4.04. The van der Waals surface area contributed by atoms with Crippen LogP contribution in [0.1, 0.15) is 11.1 Å². The van der Waals surface area contributed by atoms with Gasteiger partial charge in [0.2, 0.25) is 0 Å². The van der Waals surface area contributed by atoms with Crippen LogP contribution in [-0.4, -0.2) is 20.8 Å². The number of rotatable bonds is 3. The minimum absolute atomic E-state index is 0.417. The Labute approximate surface area is 151 Å². The second kappa shape index (κ2) is 6.72. The van der Waals surface area contributed by atoms with Crippen LogP contribution in [0.25, 0.3) is 22.2 Å². The molecule has 0 aliphatic heterocycles. The van der Waals surface area contributed by atoms with Gasteiger partial charge in [0.25, 0.3) is 0 Å². The summed E-state index contributed by atoms with van der Waals surface area (Å²) >= 11 is 0. The molecule has 0 atom stereocenters. The molecule has 3 heterocycles. The van der Waals surface area contributed by atoms with Crippen LogP contribution in [-0.2, 0) is 0 Å². The highest BCUT2D eigenvalue weighted by Gasteiger charge is 2.10. The van der Waals surface area contributed by atoms with E-state index in [4.69, 9.17) is 10.7 Å². The lowest BCUT2D eigenvalue weighted by atomic mass is 10.1. The Morgan fingerprint density at radius 3 is 2.62 bits per heavy atom. The number of benzene rings is 1. The number of nitrogens with zero attached hydrogens (tertiary/aromatic N) is 4. The van der Waals surface area contributed by atoms with Crippen molar-refractivity contribution in [2.75, 3.05) is 0 Å². The quantitative estimate of drug-likeness (QED) is 0.451. The highest BCUT2D eigenvalue weighted by molar-refractivity contribution is 6.03. The molecule has 0 bridgehead atoms. The van der Waals surface area contributed by atoms with Crippen molar-refractivity contribution in [3.63, 3.8) is 0 Å². The monoisotopic (exact) mass is 339 g/mol. The maximum Gasteiger partial charge on any atom is 0.162 e. The van der Waals surface area contributed by atoms with Gasteiger partial charge in [-0.2, -0.15) is 0 Å². The molecule has 0 unspecified atom stereocenters. The van der Waals surface area contributed by atoms with Crippen molar-refractivity contribution in [1.29, 1.82) is 0 Å². The second-order valence-electron chi connectivity index (χ2n) is 5.95. The summed E-state index contributed by atoms with van der Waals surface area (Å²) in [5.74, 6) is 0.998. The molecular formula is C21H17N5. The third kappa shape index (κ3) is 3.02. The van der Waals surface area contributed by atoms with E-state index < -0.39 is 0 Å². The Balaban J connectivity index is 1.91. The first kappa shape index (κ1) is 15.9. The van der Waals surface area contributed by atoms with Crippen molar-refractivity contribution in [1.82, 2.24) is 15.0 Å². The number of amidine groups is 1. The van der Waals surface area contributed by atoms with Gasteiger partial charge >= 0.3 is 0 Å². The third-order valence-electron chi connectivity index (χ3n) is 4.17. The van der Waals surface area contributed by atoms with E-state index in [2.05, 4.69) is 15.0 Å². The number of pyridine rings is 3. The Bertz CT molecular complexity index is 1100. The van der Waals surface area contributed by atoms with Crippen molar-refractivity contribution < 1.29 is 0 Å². The summed E-state index contributed by atoms with van der Waals surface area (Å²) in [6, 6.07) is 17.6. The number of aliphatic imine (C=N–C) groups is 1. The Hall–Kier alpha value is -3.60. The van der Waals surface area contributed by atoms with Gasteiger partial charge in [-0.15, -0.1) is 0 Å². The van der Waals surface area contributed by atoms with Gasteiger partial charge in [0.1, 0.15) is 5.84 Å². The maximum absolute atomic E-state index is 6.27. The molecule has 0 saturated heterocycles. The lowest BCUT2D eigenvalue weighted by molar-refractivity contribution is 1.23. The summed E-state index contributed by atoms with van der Waals surface area (Å²) in [6.07, 6.45) is 5.23. The van der Waals surface area contributed by atoms with Crippen molar-refractivity contribution in [3.05, 3.63) is 84.3 Å². The summed E-state index contributed by atoms with van der Waals surface area (Å²) in [4.78, 5) is 17.9. The first-order chi connectivity index (χ1) is 12.7. The van der Waals surface area contributed by atoms with Crippen molar-refractivity contribution in [2.24, 2.45) is 10.7 Å². The summed E-state index contributed by atoms with van der Waals surface area (Å²) in [7, 11) is 0. The summed E-state index contributed by atoms with van der Waals surface area (Å²) in [6.45, 7) is 1.96. The first-order valence-electron chi connectivity index (χ1n) is 8.29. The van der Waals surface area contributed by atoms with Crippen molar-refractivity contribution in [2.45, 2.75) is 6.92 Å². The molecule has 3 aromatic heterocycles. The summed E-state index contributed by atoms with van der Waals surface area (Å²) < 4.78 is 0. The van der Waals surface area contributed by atoms with Gasteiger partial charge in [-0.1, -0.05) is 30.3 Å². The van der Waals surface area contributed by atoms with Crippen molar-refractivity contribution >= 4 is 22.4 Å². The molecule has 4 rings (SSSR count). The molecule has 126 valence electrons. The zero-order valence-electron chi connectivity index (χ0n) is 14.3. The van der Waals surface area contributed by atoms with Crippen LogP contribution in [0.4, 0.5) is 5.82 Å². The van der Waals surface area contributed by atoms with E-state index in [0.717, 1.165) is 33.3 Å². The Morgan fingerprint density at radius 1 is 0.962 bits per heavy atom. The largest absolute Gasteiger partial charge is 0.383 e. The van der Waals surface area contributed by atoms with Crippen LogP contribution < -0.4 is 5.73 Å². The predicted molar refractivity (Wildman–Crippen MR) is 104 cm³/mol. The van der Waals surface area contributed by atoms with Gasteiger partial charge in [-0.3, -0.25) is 9.97 Å². The number of aromatic nitrogens is 3. The fraction of sp³-hybridized carbons (Fsp3) is 0.0476. The maximum atomic E-state index is 6.27. The third-order valence-corrected chi connectivity index (χ3v) is 4.17. The molecule has 0 radical (unpaired) electrons. The van der Waals surface area contributed by atoms with E-state index in [9.17, 15) is 0 Å². The highest BCUT2D eigenvalue weighted by atomic mass is 15.0. The smallest absolute Gasteiger partial charge is 0.162 e. The normalized spacial score (nSPS) is 11.7. The minimum Gasteiger partial charge on any atom is -0.383 e. The molecule has 1 aromatic carbocycles. The van der Waals surface area contributed by atoms with Gasteiger partial charge in [-0.25, -0.2) is 9.98 Å². The highest BCUT2D eigenvalue weighted by Crippen LogP contribution is 2.29. The van der Waals surface area contributed by atoms with Crippen LogP contribution >= 0.6 is 0 Å². The molecule has 0 spiro atoms. The Kier molecular flexibility index (Phi) is 4.11. The molecule has 4 aromatic rings. The number of hydrogen-bond donors (Lipinski definition) is 1. The van der Waals surface area contributed by atoms with Crippen LogP contribution in [0.3, 0.4) is 0 Å². The number of hydrogen-bond acceptors (Lipinski definition) is 4. The average Bonchev–Trinajstić information content (AvgIpc) is 2.69. The summed E-state index contributed by atoms with van der Waals surface area (Å²) in [5.41, 5.74) is 9.67. The zero-order chi connectivity index (χ0) is 17.9. The van der Waals surface area contributed by atoms with Gasteiger partial charge in [-0.05, 0) is 42.1 Å². The molecule has 0 saturated carbocycles. The van der Waals surface area contributed by atoms with Gasteiger partial charge in [0.15, 0.2) is 5.82 Å². The van der Waals surface area contributed by atoms with Crippen LogP contribution in [0, 0.1) is 6.92 Å². The topological polar surface area (TPSA) is 77.0 Å². The van der Waals surface area contributed by atoms with E-state index in [1.165, 1.54) is 0 Å². The molecule has 26 heavy (non-hydrogen) atoms. The molecule has 0 aliphatic rings. The average molecular weight is 339 g/mol. The van der Waals surface area contributed by atoms with E-state index in [1.54, 1.807) is 18.6 Å². The fourth-order valence-electron chi connectivity index (χ4n) is 2.85. The van der Waals surface area contributed by atoms with Crippen LogP contribution in [0.2, 0.25) is 0 Å². The molecule has 0 amide bonds. The van der Waals surface area contributed by atoms with Crippen molar-refractivity contribution in [3.8, 4) is 11.4 Å². The minimum atomic E-state index is 0.417. The first-order valence-corrected chi connectivity index (χ1v) is 8.29. The SMILES string of the molecule is Cc1cnccc1C(N)=Nc1nc(-c2ccccn2)cc2ccccc12. The Morgan fingerprint density at radius 2 is 1.81 bits per heavy atom. The molecule has 2 N–H and O–H groups in total. The lowest BCUT2D eigenvalue weighted by Gasteiger charge is -2.08. The van der Waals surface area contributed by atoms with Gasteiger partial charge in [0.05, 0.1) is 11.4 Å². The second-order valence-corrected chi connectivity index (χ2v) is 5.95.